The van der Waals surface area contributed by atoms with Crippen LogP contribution < -0.4 is 14.8 Å². The Morgan fingerprint density at radius 2 is 1.66 bits per heavy atom. The van der Waals surface area contributed by atoms with Gasteiger partial charge >= 0.3 is 0 Å². The van der Waals surface area contributed by atoms with E-state index >= 15 is 0 Å². The normalized spacial score (nSPS) is 16.2. The second-order valence-corrected chi connectivity index (χ2v) is 7.97. The van der Waals surface area contributed by atoms with Crippen LogP contribution in [0.5, 0.6) is 11.5 Å². The van der Waals surface area contributed by atoms with Gasteiger partial charge in [0.15, 0.2) is 11.5 Å². The molecule has 2 aromatic rings. The number of anilines is 1. The molecule has 4 rings (SSSR count). The van der Waals surface area contributed by atoms with E-state index in [0.29, 0.717) is 13.3 Å². The molecule has 0 unspecified atom stereocenters. The lowest BCUT2D eigenvalue weighted by atomic mass is 10.1. The van der Waals surface area contributed by atoms with Crippen LogP contribution in [-0.4, -0.2) is 55.2 Å². The van der Waals surface area contributed by atoms with Crippen molar-refractivity contribution in [3.8, 4) is 11.5 Å². The van der Waals surface area contributed by atoms with Gasteiger partial charge in [-0.25, -0.2) is 0 Å². The van der Waals surface area contributed by atoms with Crippen molar-refractivity contribution in [1.29, 1.82) is 0 Å². The SMILES string of the molecule is Cc1cc(C)c(NCC(=O)N2CCN(Cc3ccc4c(c3)OCO4)CC2)c(C)c1. The Balaban J connectivity index is 1.26. The fourth-order valence-corrected chi connectivity index (χ4v) is 4.19. The van der Waals surface area contributed by atoms with Gasteiger partial charge in [0.05, 0.1) is 6.54 Å². The molecule has 6 heteroatoms. The summed E-state index contributed by atoms with van der Waals surface area (Å²) < 4.78 is 10.8. The second-order valence-electron chi connectivity index (χ2n) is 7.97. The third-order valence-corrected chi connectivity index (χ3v) is 5.66. The molecule has 1 amide bonds. The van der Waals surface area contributed by atoms with Gasteiger partial charge < -0.3 is 19.7 Å². The third kappa shape index (κ3) is 4.48. The van der Waals surface area contributed by atoms with Crippen molar-refractivity contribution in [2.45, 2.75) is 27.3 Å². The summed E-state index contributed by atoms with van der Waals surface area (Å²) in [7, 11) is 0. The smallest absolute Gasteiger partial charge is 0.241 e. The Labute approximate surface area is 172 Å². The average Bonchev–Trinajstić information content (AvgIpc) is 3.15. The van der Waals surface area contributed by atoms with Crippen molar-refractivity contribution in [2.75, 3.05) is 44.8 Å². The molecule has 0 spiro atoms. The summed E-state index contributed by atoms with van der Waals surface area (Å²) in [6.07, 6.45) is 0. The highest BCUT2D eigenvalue weighted by Gasteiger charge is 2.22. The highest BCUT2D eigenvalue weighted by molar-refractivity contribution is 5.81. The number of hydrogen-bond donors (Lipinski definition) is 1. The molecule has 1 saturated heterocycles. The summed E-state index contributed by atoms with van der Waals surface area (Å²) in [5.41, 5.74) is 5.90. The van der Waals surface area contributed by atoms with Crippen molar-refractivity contribution in [3.05, 3.63) is 52.6 Å². The molecule has 1 N–H and O–H groups in total. The first-order valence-corrected chi connectivity index (χ1v) is 10.2. The number of nitrogens with zero attached hydrogens (tertiary/aromatic N) is 2. The van der Waals surface area contributed by atoms with Gasteiger partial charge in [-0.1, -0.05) is 23.8 Å². The van der Waals surface area contributed by atoms with Crippen LogP contribution >= 0.6 is 0 Å². The molecule has 0 aromatic heterocycles. The van der Waals surface area contributed by atoms with Gasteiger partial charge in [0, 0.05) is 38.4 Å². The maximum absolute atomic E-state index is 12.7. The Morgan fingerprint density at radius 3 is 2.38 bits per heavy atom. The van der Waals surface area contributed by atoms with Crippen LogP contribution in [0.15, 0.2) is 30.3 Å². The third-order valence-electron chi connectivity index (χ3n) is 5.66. The fourth-order valence-electron chi connectivity index (χ4n) is 4.19. The number of piperazine rings is 1. The summed E-state index contributed by atoms with van der Waals surface area (Å²) in [5.74, 6) is 1.80. The van der Waals surface area contributed by atoms with E-state index in [0.717, 1.165) is 49.9 Å². The average molecular weight is 396 g/mol. The molecule has 2 aliphatic heterocycles. The zero-order valence-corrected chi connectivity index (χ0v) is 17.5. The zero-order valence-electron chi connectivity index (χ0n) is 17.5. The van der Waals surface area contributed by atoms with Crippen LogP contribution in [0.25, 0.3) is 0 Å². The highest BCUT2D eigenvalue weighted by Crippen LogP contribution is 2.32. The molecule has 0 radical (unpaired) electrons. The number of benzene rings is 2. The summed E-state index contributed by atoms with van der Waals surface area (Å²) in [6, 6.07) is 10.4. The number of fused-ring (bicyclic) bond motifs is 1. The van der Waals surface area contributed by atoms with Gasteiger partial charge in [0.25, 0.3) is 0 Å². The molecule has 154 valence electrons. The molecule has 2 aromatic carbocycles. The van der Waals surface area contributed by atoms with Crippen LogP contribution in [0.1, 0.15) is 22.3 Å². The van der Waals surface area contributed by atoms with Crippen LogP contribution in [0, 0.1) is 20.8 Å². The minimum Gasteiger partial charge on any atom is -0.454 e. The summed E-state index contributed by atoms with van der Waals surface area (Å²) in [6.45, 7) is 11.0. The lowest BCUT2D eigenvalue weighted by molar-refractivity contribution is -0.131. The summed E-state index contributed by atoms with van der Waals surface area (Å²) in [4.78, 5) is 17.0. The van der Waals surface area contributed by atoms with Gasteiger partial charge in [0.2, 0.25) is 12.7 Å². The molecule has 0 atom stereocenters. The van der Waals surface area contributed by atoms with E-state index in [1.54, 1.807) is 0 Å². The quantitative estimate of drug-likeness (QED) is 0.843. The molecule has 29 heavy (non-hydrogen) atoms. The fraction of sp³-hybridized carbons (Fsp3) is 0.435. The van der Waals surface area contributed by atoms with Crippen LogP contribution in [0.4, 0.5) is 5.69 Å². The minimum atomic E-state index is 0.159. The summed E-state index contributed by atoms with van der Waals surface area (Å²) in [5, 5.41) is 3.35. The molecular formula is C23H29N3O3. The van der Waals surface area contributed by atoms with E-state index in [1.165, 1.54) is 22.3 Å². The number of rotatable bonds is 5. The summed E-state index contributed by atoms with van der Waals surface area (Å²) >= 11 is 0. The van der Waals surface area contributed by atoms with Crippen LogP contribution in [0.3, 0.4) is 0 Å². The van der Waals surface area contributed by atoms with Crippen molar-refractivity contribution >= 4 is 11.6 Å². The maximum Gasteiger partial charge on any atom is 0.241 e. The molecule has 6 nitrogen and oxygen atoms in total. The van der Waals surface area contributed by atoms with Crippen molar-refractivity contribution in [1.82, 2.24) is 9.80 Å². The Bertz CT molecular complexity index is 881. The number of aryl methyl sites for hydroxylation is 3. The zero-order chi connectivity index (χ0) is 20.4. The standard InChI is InChI=1S/C23H29N3O3/c1-16-10-17(2)23(18(3)11-16)24-13-22(27)26-8-6-25(7-9-26)14-19-4-5-20-21(12-19)29-15-28-20/h4-5,10-12,24H,6-9,13-15H2,1-3H3. The Kier molecular flexibility index (Phi) is 5.62. The predicted molar refractivity (Wildman–Crippen MR) is 114 cm³/mol. The lowest BCUT2D eigenvalue weighted by Crippen LogP contribution is -2.49. The number of amides is 1. The van der Waals surface area contributed by atoms with Gasteiger partial charge in [-0.15, -0.1) is 0 Å². The minimum absolute atomic E-state index is 0.159. The maximum atomic E-state index is 12.7. The van der Waals surface area contributed by atoms with Crippen LogP contribution in [0.2, 0.25) is 0 Å². The number of ether oxygens (including phenoxy) is 2. The molecule has 2 aliphatic rings. The van der Waals surface area contributed by atoms with Gasteiger partial charge in [-0.2, -0.15) is 0 Å². The lowest BCUT2D eigenvalue weighted by Gasteiger charge is -2.35. The highest BCUT2D eigenvalue weighted by atomic mass is 16.7. The van der Waals surface area contributed by atoms with Crippen molar-refractivity contribution in [3.63, 3.8) is 0 Å². The van der Waals surface area contributed by atoms with Gasteiger partial charge in [-0.05, 0) is 49.6 Å². The van der Waals surface area contributed by atoms with E-state index in [-0.39, 0.29) is 5.91 Å². The van der Waals surface area contributed by atoms with Gasteiger partial charge in [0.1, 0.15) is 0 Å². The second kappa shape index (κ2) is 8.33. The van der Waals surface area contributed by atoms with Crippen molar-refractivity contribution in [2.24, 2.45) is 0 Å². The number of carbonyl (C=O) groups is 1. The molecular weight excluding hydrogens is 366 g/mol. The molecule has 1 fully saturated rings. The van der Waals surface area contributed by atoms with E-state index < -0.39 is 0 Å². The predicted octanol–water partition coefficient (Wildman–Crippen LogP) is 3.10. The first-order valence-electron chi connectivity index (χ1n) is 10.2. The first kappa shape index (κ1) is 19.6. The van der Waals surface area contributed by atoms with E-state index in [1.807, 2.05) is 11.0 Å². The number of hydrogen-bond acceptors (Lipinski definition) is 5. The van der Waals surface area contributed by atoms with Gasteiger partial charge in [-0.3, -0.25) is 9.69 Å². The number of nitrogens with one attached hydrogen (secondary N) is 1. The molecule has 2 heterocycles. The Hall–Kier alpha value is -2.73. The van der Waals surface area contributed by atoms with E-state index in [4.69, 9.17) is 9.47 Å². The first-order chi connectivity index (χ1) is 14.0. The largest absolute Gasteiger partial charge is 0.454 e. The van der Waals surface area contributed by atoms with Crippen LogP contribution in [-0.2, 0) is 11.3 Å². The number of carbonyl (C=O) groups excluding carboxylic acids is 1. The Morgan fingerprint density at radius 1 is 0.966 bits per heavy atom. The molecule has 0 saturated carbocycles. The molecule has 0 bridgehead atoms. The topological polar surface area (TPSA) is 54.0 Å². The molecule has 0 aliphatic carbocycles. The van der Waals surface area contributed by atoms with Crippen molar-refractivity contribution < 1.29 is 14.3 Å². The monoisotopic (exact) mass is 395 g/mol. The van der Waals surface area contributed by atoms with E-state index in [9.17, 15) is 4.79 Å². The van der Waals surface area contributed by atoms with E-state index in [2.05, 4.69) is 55.3 Å².